The van der Waals surface area contributed by atoms with Crippen molar-refractivity contribution in [3.8, 4) is 0 Å². The Balaban J connectivity index is 4.98. The molecule has 19 heavy (non-hydrogen) atoms. The molecule has 4 unspecified atom stereocenters. The van der Waals surface area contributed by atoms with Gasteiger partial charge in [0.1, 0.15) is 17.9 Å². The minimum atomic E-state index is -1.87. The van der Waals surface area contributed by atoms with Crippen LogP contribution in [0.3, 0.4) is 0 Å². The van der Waals surface area contributed by atoms with Gasteiger partial charge in [0.05, 0.1) is 0 Å². The second-order valence-electron chi connectivity index (χ2n) is 5.28. The fourth-order valence-electron chi connectivity index (χ4n) is 1.90. The van der Waals surface area contributed by atoms with Crippen molar-refractivity contribution in [2.24, 2.45) is 0 Å². The maximum atomic E-state index is 4.01. The lowest BCUT2D eigenvalue weighted by Gasteiger charge is -2.38. The summed E-state index contributed by atoms with van der Waals surface area (Å²) < 4.78 is 11.3. The van der Waals surface area contributed by atoms with E-state index in [1.807, 2.05) is 0 Å². The summed E-state index contributed by atoms with van der Waals surface area (Å²) in [5, 5.41) is 0. The molecule has 4 atom stereocenters. The summed E-state index contributed by atoms with van der Waals surface area (Å²) in [6, 6.07) is 0. The molecule has 0 radical (unpaired) electrons. The van der Waals surface area contributed by atoms with Gasteiger partial charge in [-0.2, -0.15) is 0 Å². The highest BCUT2D eigenvalue weighted by atomic mass is 28.4. The van der Waals surface area contributed by atoms with E-state index in [1.54, 1.807) is 0 Å². The largest absolute Gasteiger partial charge is 0.344 e. The average molecular weight is 328 g/mol. The van der Waals surface area contributed by atoms with E-state index in [1.165, 1.54) is 0 Å². The van der Waals surface area contributed by atoms with E-state index < -0.39 is 34.7 Å². The van der Waals surface area contributed by atoms with E-state index >= 15 is 0 Å². The molecule has 7 heteroatoms. The molecule has 0 saturated carbocycles. The molecule has 0 rings (SSSR count). The first-order chi connectivity index (χ1) is 8.74. The Kier molecular flexibility index (Phi) is 7.97. The predicted molar refractivity (Wildman–Crippen MR) is 99.5 cm³/mol. The molecule has 0 spiro atoms. The van der Waals surface area contributed by atoms with Crippen LogP contribution in [0.1, 0.15) is 0 Å². The minimum absolute atomic E-state index is 1.07. The van der Waals surface area contributed by atoms with Gasteiger partial charge in [-0.25, -0.2) is 0 Å². The van der Waals surface area contributed by atoms with E-state index in [2.05, 4.69) is 89.2 Å². The van der Waals surface area contributed by atoms with Gasteiger partial charge in [-0.3, -0.25) is 0 Å². The van der Waals surface area contributed by atoms with E-state index in [0.717, 1.165) is 0 Å². The second-order valence-corrected chi connectivity index (χ2v) is 18.3. The van der Waals surface area contributed by atoms with Gasteiger partial charge in [0.2, 0.25) is 16.8 Å². The van der Waals surface area contributed by atoms with Crippen molar-refractivity contribution in [1.29, 1.82) is 0 Å². The van der Waals surface area contributed by atoms with E-state index in [0.29, 0.717) is 0 Å². The van der Waals surface area contributed by atoms with E-state index in [9.17, 15) is 0 Å². The Morgan fingerprint density at radius 3 is 1.32 bits per heavy atom. The molecule has 0 aromatic heterocycles. The van der Waals surface area contributed by atoms with Crippen molar-refractivity contribution in [3.05, 3.63) is 49.1 Å². The smallest absolute Gasteiger partial charge is 0.211 e. The standard InChI is InChI=1S/C12H29N3Si4/c1-9-16(5)13-18(7,11-3)15-19(8,12-4)14-17(6)10-2/h9-17H,1-4H2,5-8H3. The Labute approximate surface area is 124 Å². The molecule has 0 bridgehead atoms. The maximum Gasteiger partial charge on any atom is 0.211 e. The molecular weight excluding hydrogens is 298 g/mol. The highest BCUT2D eigenvalue weighted by molar-refractivity contribution is 7.00. The van der Waals surface area contributed by atoms with Gasteiger partial charge >= 0.3 is 0 Å². The number of nitrogens with one attached hydrogen (secondary N) is 3. The summed E-state index contributed by atoms with van der Waals surface area (Å²) in [7, 11) is -5.89. The fraction of sp³-hybridized carbons (Fsp3) is 0.333. The van der Waals surface area contributed by atoms with E-state index in [-0.39, 0.29) is 0 Å². The normalized spacial score (nSPS) is 20.4. The van der Waals surface area contributed by atoms with E-state index in [4.69, 9.17) is 0 Å². The predicted octanol–water partition coefficient (Wildman–Crippen LogP) is 1.51. The van der Waals surface area contributed by atoms with Gasteiger partial charge in [0, 0.05) is 0 Å². The van der Waals surface area contributed by atoms with Gasteiger partial charge in [-0.15, -0.1) is 26.3 Å². The van der Waals surface area contributed by atoms with Crippen LogP contribution in [0, 0.1) is 0 Å². The molecule has 0 aliphatic heterocycles. The van der Waals surface area contributed by atoms with Crippen LogP contribution in [-0.4, -0.2) is 34.7 Å². The van der Waals surface area contributed by atoms with Crippen molar-refractivity contribution in [2.45, 2.75) is 26.2 Å². The maximum absolute atomic E-state index is 4.01. The molecule has 0 amide bonds. The highest BCUT2D eigenvalue weighted by Gasteiger charge is 2.35. The molecule has 0 heterocycles. The summed E-state index contributed by atoms with van der Waals surface area (Å²) in [5.41, 5.74) is 8.24. The quantitative estimate of drug-likeness (QED) is 0.532. The van der Waals surface area contributed by atoms with Crippen LogP contribution in [0.15, 0.2) is 49.1 Å². The molecule has 0 aromatic rings. The molecule has 0 saturated heterocycles. The molecule has 3 N–H and O–H groups in total. The first kappa shape index (κ1) is 18.7. The summed E-state index contributed by atoms with van der Waals surface area (Å²) >= 11 is 0. The third-order valence-electron chi connectivity index (χ3n) is 3.10. The Morgan fingerprint density at radius 1 is 0.789 bits per heavy atom. The second kappa shape index (κ2) is 8.10. The zero-order chi connectivity index (χ0) is 15.1. The van der Waals surface area contributed by atoms with Crippen LogP contribution >= 0.6 is 0 Å². The molecular formula is C12H29N3Si4. The monoisotopic (exact) mass is 327 g/mol. The topological polar surface area (TPSA) is 36.1 Å². The first-order valence-electron chi connectivity index (χ1n) is 6.61. The van der Waals surface area contributed by atoms with Gasteiger partial charge in [-0.05, 0) is 13.1 Å². The summed E-state index contributed by atoms with van der Waals surface area (Å²) in [6.07, 6.45) is 0. The van der Waals surface area contributed by atoms with Crippen LogP contribution in [0.5, 0.6) is 0 Å². The first-order valence-corrected chi connectivity index (χ1v) is 16.6. The molecule has 0 aromatic carbocycles. The lowest BCUT2D eigenvalue weighted by Crippen LogP contribution is -2.75. The van der Waals surface area contributed by atoms with Crippen molar-refractivity contribution < 1.29 is 0 Å². The summed E-state index contributed by atoms with van der Waals surface area (Å²) in [4.78, 5) is 0. The van der Waals surface area contributed by atoms with Crippen LogP contribution in [0.4, 0.5) is 0 Å². The highest BCUT2D eigenvalue weighted by Crippen LogP contribution is 2.04. The van der Waals surface area contributed by atoms with Gasteiger partial charge in [0.15, 0.2) is 0 Å². The van der Waals surface area contributed by atoms with Crippen molar-refractivity contribution >= 4 is 34.7 Å². The lowest BCUT2D eigenvalue weighted by molar-refractivity contribution is 1.18. The van der Waals surface area contributed by atoms with Gasteiger partial charge in [0.25, 0.3) is 0 Å². The molecule has 0 aliphatic carbocycles. The van der Waals surface area contributed by atoms with Gasteiger partial charge < -0.3 is 13.9 Å². The van der Waals surface area contributed by atoms with Crippen LogP contribution in [0.2, 0.25) is 26.2 Å². The van der Waals surface area contributed by atoms with Crippen LogP contribution in [0.25, 0.3) is 0 Å². The third-order valence-corrected chi connectivity index (χ3v) is 18.7. The average Bonchev–Trinajstić information content (AvgIpc) is 2.37. The van der Waals surface area contributed by atoms with Crippen LogP contribution in [-0.2, 0) is 0 Å². The lowest BCUT2D eigenvalue weighted by atomic mass is 11.3. The Morgan fingerprint density at radius 2 is 1.11 bits per heavy atom. The zero-order valence-corrected chi connectivity index (χ0v) is 17.1. The number of hydrogen-bond donors (Lipinski definition) is 3. The SMILES string of the molecule is C=C[SiH](C)N[Si](C)(C=C)N[Si](C)(C=C)N[SiH](C)C=C. The summed E-state index contributed by atoms with van der Waals surface area (Å²) in [6.45, 7) is 24.8. The Bertz CT molecular complexity index is 318. The molecule has 0 fully saturated rings. The zero-order valence-electron chi connectivity index (χ0n) is 12.8. The molecule has 3 nitrogen and oxygen atoms in total. The third kappa shape index (κ3) is 6.61. The van der Waals surface area contributed by atoms with Crippen molar-refractivity contribution in [2.75, 3.05) is 0 Å². The fourth-order valence-corrected chi connectivity index (χ4v) is 18.4. The summed E-state index contributed by atoms with van der Waals surface area (Å²) in [5.74, 6) is 0. The Hall–Kier alpha value is -0.292. The number of hydrogen-bond acceptors (Lipinski definition) is 3. The molecule has 0 aliphatic rings. The van der Waals surface area contributed by atoms with Crippen molar-refractivity contribution in [1.82, 2.24) is 13.9 Å². The van der Waals surface area contributed by atoms with Crippen molar-refractivity contribution in [3.63, 3.8) is 0 Å². The van der Waals surface area contributed by atoms with Crippen LogP contribution < -0.4 is 13.9 Å². The van der Waals surface area contributed by atoms with Gasteiger partial charge in [-0.1, -0.05) is 35.9 Å². The number of rotatable bonds is 10. The minimum Gasteiger partial charge on any atom is -0.344 e. The molecule has 108 valence electrons.